The highest BCUT2D eigenvalue weighted by atomic mass is 14.9. The number of nitrogens with zero attached hydrogens (tertiary/aromatic N) is 2. The lowest BCUT2D eigenvalue weighted by Gasteiger charge is -2.00. The summed E-state index contributed by atoms with van der Waals surface area (Å²) in [6.07, 6.45) is 1.86. The zero-order valence-electron chi connectivity index (χ0n) is 9.17. The minimum atomic E-state index is 0.701. The molecule has 0 aliphatic carbocycles. The Kier molecular flexibility index (Phi) is 2.41. The van der Waals surface area contributed by atoms with E-state index < -0.39 is 0 Å². The van der Waals surface area contributed by atoms with Crippen molar-refractivity contribution in [3.05, 3.63) is 65.7 Å². The molecule has 1 aliphatic heterocycles. The summed E-state index contributed by atoms with van der Waals surface area (Å²) in [7, 11) is 0. The van der Waals surface area contributed by atoms with Crippen LogP contribution in [-0.4, -0.2) is 11.7 Å². The van der Waals surface area contributed by atoms with Crippen LogP contribution < -0.4 is 0 Å². The fourth-order valence-electron chi connectivity index (χ4n) is 1.73. The molecule has 0 spiro atoms. The zero-order valence-corrected chi connectivity index (χ0v) is 9.17. The molecule has 0 unspecified atom stereocenters. The highest BCUT2D eigenvalue weighted by molar-refractivity contribution is 6.07. The topological polar surface area (TPSA) is 24.7 Å². The van der Waals surface area contributed by atoms with E-state index >= 15 is 0 Å². The van der Waals surface area contributed by atoms with Crippen molar-refractivity contribution in [1.82, 2.24) is 0 Å². The first-order valence-electron chi connectivity index (χ1n) is 5.46. The van der Waals surface area contributed by atoms with Crippen LogP contribution in [0.25, 0.3) is 6.08 Å². The maximum atomic E-state index is 4.57. The lowest BCUT2D eigenvalue weighted by atomic mass is 10.2. The number of amidine groups is 1. The Hall–Kier alpha value is -2.44. The molecule has 80 valence electrons. The maximum absolute atomic E-state index is 4.57. The first-order chi connectivity index (χ1) is 8.43. The Labute approximate surface area is 99.7 Å². The number of benzene rings is 2. The number of hydrogen-bond donors (Lipinski definition) is 0. The predicted octanol–water partition coefficient (Wildman–Crippen LogP) is 3.46. The van der Waals surface area contributed by atoms with Crippen LogP contribution >= 0.6 is 0 Å². The monoisotopic (exact) mass is 218 g/mol. The third kappa shape index (κ3) is 1.94. The summed E-state index contributed by atoms with van der Waals surface area (Å²) >= 11 is 0. The molecule has 2 aromatic carbocycles. The SMILES string of the molecule is C1=Cc2ccccc2N=C(c2ccccc2)N=1. The van der Waals surface area contributed by atoms with Gasteiger partial charge in [-0.3, -0.25) is 0 Å². The Morgan fingerprint density at radius 2 is 1.59 bits per heavy atom. The normalized spacial score (nSPS) is 12.8. The van der Waals surface area contributed by atoms with Crippen LogP contribution in [0.3, 0.4) is 0 Å². The molecule has 0 saturated carbocycles. The molecule has 2 nitrogen and oxygen atoms in total. The molecule has 0 aromatic heterocycles. The third-order valence-electron chi connectivity index (χ3n) is 2.59. The van der Waals surface area contributed by atoms with E-state index in [-0.39, 0.29) is 0 Å². The number of aliphatic imine (C=N–C) groups is 2. The van der Waals surface area contributed by atoms with E-state index in [0.29, 0.717) is 5.84 Å². The second-order valence-electron chi connectivity index (χ2n) is 3.75. The highest BCUT2D eigenvalue weighted by Crippen LogP contribution is 2.22. The van der Waals surface area contributed by atoms with Crippen LogP contribution in [0.4, 0.5) is 5.69 Å². The summed E-state index contributed by atoms with van der Waals surface area (Å²) in [6, 6.07) is 17.9. The number of rotatable bonds is 1. The molecule has 0 amide bonds. The summed E-state index contributed by atoms with van der Waals surface area (Å²) in [5, 5.41) is 0. The fraction of sp³-hybridized carbons (Fsp3) is 0. The first kappa shape index (κ1) is 9.76. The van der Waals surface area contributed by atoms with Gasteiger partial charge in [-0.2, -0.15) is 4.99 Å². The second-order valence-corrected chi connectivity index (χ2v) is 3.75. The Morgan fingerprint density at radius 3 is 2.47 bits per heavy atom. The van der Waals surface area contributed by atoms with Crippen molar-refractivity contribution < 1.29 is 0 Å². The average Bonchev–Trinajstić information content (AvgIpc) is 2.62. The minimum absolute atomic E-state index is 0.701. The standard InChI is InChI=1S/C15H10N2/c1-2-7-13(8-3-1)15-16-11-10-12-6-4-5-9-14(12)17-15/h1-10H. The van der Waals surface area contributed by atoms with Crippen molar-refractivity contribution in [2.45, 2.75) is 0 Å². The smallest absolute Gasteiger partial charge is 0.169 e. The molecule has 0 radical (unpaired) electrons. The number of para-hydroxylation sites is 1. The Balaban J connectivity index is 2.16. The summed E-state index contributed by atoms with van der Waals surface area (Å²) < 4.78 is 0. The van der Waals surface area contributed by atoms with E-state index in [2.05, 4.69) is 15.9 Å². The molecule has 0 atom stereocenters. The maximum Gasteiger partial charge on any atom is 0.169 e. The summed E-state index contributed by atoms with van der Waals surface area (Å²) in [6.45, 7) is 0. The van der Waals surface area contributed by atoms with Crippen LogP contribution in [0.1, 0.15) is 11.1 Å². The van der Waals surface area contributed by atoms with E-state index in [9.17, 15) is 0 Å². The van der Waals surface area contributed by atoms with Gasteiger partial charge in [-0.25, -0.2) is 4.99 Å². The van der Waals surface area contributed by atoms with Gasteiger partial charge in [0.1, 0.15) is 0 Å². The van der Waals surface area contributed by atoms with Crippen molar-refractivity contribution in [2.75, 3.05) is 0 Å². The van der Waals surface area contributed by atoms with Crippen molar-refractivity contribution in [3.63, 3.8) is 0 Å². The fourth-order valence-corrected chi connectivity index (χ4v) is 1.73. The molecule has 0 N–H and O–H groups in total. The second kappa shape index (κ2) is 4.20. The Morgan fingerprint density at radius 1 is 0.824 bits per heavy atom. The predicted molar refractivity (Wildman–Crippen MR) is 71.0 cm³/mol. The molecule has 1 heterocycles. The average molecular weight is 218 g/mol. The largest absolute Gasteiger partial charge is 0.227 e. The van der Waals surface area contributed by atoms with Gasteiger partial charge >= 0.3 is 0 Å². The van der Waals surface area contributed by atoms with Crippen molar-refractivity contribution in [3.8, 4) is 0 Å². The molecule has 2 heteroatoms. The van der Waals surface area contributed by atoms with Crippen LogP contribution in [-0.2, 0) is 0 Å². The molecule has 3 rings (SSSR count). The number of fused-ring (bicyclic) bond motifs is 1. The summed E-state index contributed by atoms with van der Waals surface area (Å²) in [5.41, 5.74) is 2.98. The molecule has 2 aromatic rings. The van der Waals surface area contributed by atoms with Gasteiger partial charge in [0, 0.05) is 17.2 Å². The first-order valence-corrected chi connectivity index (χ1v) is 5.46. The third-order valence-corrected chi connectivity index (χ3v) is 2.59. The lowest BCUT2D eigenvalue weighted by molar-refractivity contribution is 1.45. The van der Waals surface area contributed by atoms with Gasteiger partial charge in [0.25, 0.3) is 0 Å². The summed E-state index contributed by atoms with van der Waals surface area (Å²) in [5.74, 6) is 3.62. The van der Waals surface area contributed by atoms with Crippen molar-refractivity contribution in [2.24, 2.45) is 9.98 Å². The molecular weight excluding hydrogens is 208 g/mol. The van der Waals surface area contributed by atoms with Crippen LogP contribution in [0, 0.1) is 0 Å². The van der Waals surface area contributed by atoms with E-state index in [1.807, 2.05) is 60.7 Å². The molecule has 0 fully saturated rings. The molecule has 0 bridgehead atoms. The van der Waals surface area contributed by atoms with Gasteiger partial charge in [-0.05, 0) is 11.9 Å². The van der Waals surface area contributed by atoms with Crippen LogP contribution in [0.2, 0.25) is 0 Å². The van der Waals surface area contributed by atoms with Gasteiger partial charge in [0.2, 0.25) is 0 Å². The van der Waals surface area contributed by atoms with E-state index in [1.165, 1.54) is 0 Å². The molecule has 0 saturated heterocycles. The minimum Gasteiger partial charge on any atom is -0.227 e. The van der Waals surface area contributed by atoms with Gasteiger partial charge in [0.15, 0.2) is 5.84 Å². The van der Waals surface area contributed by atoms with E-state index in [1.54, 1.807) is 0 Å². The van der Waals surface area contributed by atoms with Crippen LogP contribution in [0.15, 0.2) is 64.6 Å². The highest BCUT2D eigenvalue weighted by Gasteiger charge is 2.05. The van der Waals surface area contributed by atoms with Crippen LogP contribution in [0.5, 0.6) is 0 Å². The van der Waals surface area contributed by atoms with Gasteiger partial charge < -0.3 is 0 Å². The number of hydrogen-bond acceptors (Lipinski definition) is 2. The van der Waals surface area contributed by atoms with E-state index in [4.69, 9.17) is 0 Å². The van der Waals surface area contributed by atoms with Gasteiger partial charge in [-0.1, -0.05) is 48.5 Å². The van der Waals surface area contributed by atoms with Gasteiger partial charge in [0.05, 0.1) is 5.69 Å². The molecule has 1 aliphatic rings. The van der Waals surface area contributed by atoms with Crippen molar-refractivity contribution in [1.29, 1.82) is 0 Å². The Bertz CT molecular complexity index is 633. The lowest BCUT2D eigenvalue weighted by Crippen LogP contribution is -1.94. The van der Waals surface area contributed by atoms with Gasteiger partial charge in [-0.15, -0.1) is 0 Å². The molecular formula is C15H10N2. The van der Waals surface area contributed by atoms with E-state index in [0.717, 1.165) is 16.8 Å². The molecule has 17 heavy (non-hydrogen) atoms. The quantitative estimate of drug-likeness (QED) is 0.700. The summed E-state index contributed by atoms with van der Waals surface area (Å²) in [4.78, 5) is 8.82. The van der Waals surface area contributed by atoms with Crippen molar-refractivity contribution >= 4 is 23.5 Å². The zero-order chi connectivity index (χ0) is 11.5.